The van der Waals surface area contributed by atoms with E-state index in [0.717, 1.165) is 13.1 Å². The molecule has 4 aliphatic rings. The van der Waals surface area contributed by atoms with Crippen LogP contribution in [0.2, 0.25) is 0 Å². The molecule has 7 rings (SSSR count). The molecule has 0 radical (unpaired) electrons. The van der Waals surface area contributed by atoms with Crippen LogP contribution in [-0.4, -0.2) is 49.6 Å². The lowest BCUT2D eigenvalue weighted by molar-refractivity contribution is -0.504. The molecule has 3 aromatic rings. The Balaban J connectivity index is 1.37. The van der Waals surface area contributed by atoms with Crippen LogP contribution in [0.4, 0.5) is 11.4 Å². The van der Waals surface area contributed by atoms with Gasteiger partial charge in [0.15, 0.2) is 0 Å². The first-order valence-corrected chi connectivity index (χ1v) is 14.7. The number of benzene rings is 3. The molecule has 0 spiro atoms. The highest BCUT2D eigenvalue weighted by Crippen LogP contribution is 2.38. The van der Waals surface area contributed by atoms with Crippen molar-refractivity contribution < 1.29 is 4.58 Å². The minimum Gasteiger partial charge on any atom is -0.372 e. The number of hydrogen-bond donors (Lipinski definition) is 0. The summed E-state index contributed by atoms with van der Waals surface area (Å²) < 4.78 is 2.57. The van der Waals surface area contributed by atoms with Gasteiger partial charge in [0.2, 0.25) is 5.71 Å². The lowest BCUT2D eigenvalue weighted by Gasteiger charge is -2.22. The summed E-state index contributed by atoms with van der Waals surface area (Å²) in [6, 6.07) is 27.8. The molecule has 3 saturated heterocycles. The molecular weight excluding hydrogens is 462 g/mol. The van der Waals surface area contributed by atoms with Gasteiger partial charge in [-0.15, -0.1) is 0 Å². The molecule has 3 aliphatic heterocycles. The van der Waals surface area contributed by atoms with Gasteiger partial charge in [0.05, 0.1) is 5.56 Å². The van der Waals surface area contributed by atoms with Crippen LogP contribution in [0.1, 0.15) is 60.8 Å². The van der Waals surface area contributed by atoms with Gasteiger partial charge in [-0.2, -0.15) is 0 Å². The van der Waals surface area contributed by atoms with Crippen LogP contribution >= 0.6 is 0 Å². The summed E-state index contributed by atoms with van der Waals surface area (Å²) >= 11 is 0. The van der Waals surface area contributed by atoms with Crippen molar-refractivity contribution in [3.63, 3.8) is 0 Å². The van der Waals surface area contributed by atoms with Crippen molar-refractivity contribution in [2.75, 3.05) is 49.1 Å². The fourth-order valence-electron chi connectivity index (χ4n) is 6.84. The third-order valence-corrected chi connectivity index (χ3v) is 8.87. The highest BCUT2D eigenvalue weighted by atomic mass is 15.1. The van der Waals surface area contributed by atoms with Crippen molar-refractivity contribution in [2.24, 2.45) is 0 Å². The predicted molar refractivity (Wildman–Crippen MR) is 161 cm³/mol. The van der Waals surface area contributed by atoms with Crippen molar-refractivity contribution >= 4 is 28.2 Å². The van der Waals surface area contributed by atoms with Crippen LogP contribution in [0.3, 0.4) is 0 Å². The zero-order valence-corrected chi connectivity index (χ0v) is 22.4. The van der Waals surface area contributed by atoms with Crippen molar-refractivity contribution in [3.8, 4) is 0 Å². The second-order valence-electron chi connectivity index (χ2n) is 11.2. The standard InChI is InChI=1S/C35H38N3/c1-2-10-32-31(9-1)33(19-20-34(32)38-25-7-8-26-38)35(27-11-15-29(16-12-27)36-21-3-4-22-36)28-13-17-30(18-14-28)37-23-5-6-24-37/h1-2,9-20H,3-8,21-26H2/q+1. The van der Waals surface area contributed by atoms with Gasteiger partial charge < -0.3 is 9.80 Å². The maximum atomic E-state index is 2.57. The summed E-state index contributed by atoms with van der Waals surface area (Å²) in [5.74, 6) is 0. The molecule has 0 unspecified atom stereocenters. The molecule has 3 fully saturated rings. The molecule has 1 aliphatic carbocycles. The summed E-state index contributed by atoms with van der Waals surface area (Å²) in [6.45, 7) is 7.03. The fourth-order valence-corrected chi connectivity index (χ4v) is 6.84. The molecule has 192 valence electrons. The quantitative estimate of drug-likeness (QED) is 0.356. The Morgan fingerprint density at radius 1 is 0.526 bits per heavy atom. The highest BCUT2D eigenvalue weighted by Gasteiger charge is 2.27. The fraction of sp³-hybridized carbons (Fsp3) is 0.343. The Bertz CT molecular complexity index is 1330. The van der Waals surface area contributed by atoms with Gasteiger partial charge in [0, 0.05) is 56.5 Å². The van der Waals surface area contributed by atoms with E-state index >= 15 is 0 Å². The number of nitrogens with zero attached hydrogens (tertiary/aromatic N) is 3. The number of allylic oxidation sites excluding steroid dienone is 3. The second kappa shape index (κ2) is 10.3. The van der Waals surface area contributed by atoms with Gasteiger partial charge in [0.1, 0.15) is 13.1 Å². The van der Waals surface area contributed by atoms with Crippen molar-refractivity contribution in [1.82, 2.24) is 0 Å². The van der Waals surface area contributed by atoms with E-state index in [1.54, 1.807) is 0 Å². The van der Waals surface area contributed by atoms with Crippen LogP contribution in [0.5, 0.6) is 0 Å². The summed E-state index contributed by atoms with van der Waals surface area (Å²) in [6.07, 6.45) is 12.6. The normalized spacial score (nSPS) is 19.0. The van der Waals surface area contributed by atoms with E-state index in [2.05, 4.69) is 99.3 Å². The molecule has 0 saturated carbocycles. The number of hydrogen-bond acceptors (Lipinski definition) is 2. The van der Waals surface area contributed by atoms with Crippen LogP contribution < -0.4 is 9.80 Å². The zero-order chi connectivity index (χ0) is 25.3. The minimum atomic E-state index is 1.16. The summed E-state index contributed by atoms with van der Waals surface area (Å²) in [4.78, 5) is 5.04. The Labute approximate surface area is 227 Å². The number of anilines is 2. The Kier molecular flexibility index (Phi) is 6.37. The Hall–Kier alpha value is -3.59. The first-order chi connectivity index (χ1) is 18.8. The predicted octanol–water partition coefficient (Wildman–Crippen LogP) is 7.01. The van der Waals surface area contributed by atoms with Crippen LogP contribution in [0.25, 0.3) is 11.1 Å². The number of fused-ring (bicyclic) bond motifs is 1. The summed E-state index contributed by atoms with van der Waals surface area (Å²) in [5.41, 5.74) is 12.0. The monoisotopic (exact) mass is 500 g/mol. The van der Waals surface area contributed by atoms with Crippen LogP contribution in [0, 0.1) is 0 Å². The molecule has 0 atom stereocenters. The van der Waals surface area contributed by atoms with E-state index < -0.39 is 0 Å². The molecule has 38 heavy (non-hydrogen) atoms. The molecule has 3 nitrogen and oxygen atoms in total. The highest BCUT2D eigenvalue weighted by molar-refractivity contribution is 6.17. The first kappa shape index (κ1) is 23.5. The molecule has 0 bridgehead atoms. The van der Waals surface area contributed by atoms with Gasteiger partial charge >= 0.3 is 0 Å². The average Bonchev–Trinajstić information content (AvgIpc) is 3.78. The minimum absolute atomic E-state index is 1.16. The zero-order valence-electron chi connectivity index (χ0n) is 22.4. The van der Waals surface area contributed by atoms with Crippen molar-refractivity contribution in [1.29, 1.82) is 0 Å². The molecule has 0 amide bonds. The lowest BCUT2D eigenvalue weighted by atomic mass is 9.83. The van der Waals surface area contributed by atoms with Gasteiger partial charge in [-0.3, -0.25) is 0 Å². The second-order valence-corrected chi connectivity index (χ2v) is 11.2. The SMILES string of the molecule is C1=CC(=[N+]2CCCC2)c2ccccc2C1=C(c1ccc(N2CCCC2)cc1)c1ccc(N2CCCC2)cc1. The van der Waals surface area contributed by atoms with Gasteiger partial charge in [-0.25, -0.2) is 4.58 Å². The first-order valence-electron chi connectivity index (χ1n) is 14.7. The van der Waals surface area contributed by atoms with Crippen LogP contribution in [-0.2, 0) is 0 Å². The maximum absolute atomic E-state index is 2.57. The molecule has 3 aromatic carbocycles. The Morgan fingerprint density at radius 2 is 1.03 bits per heavy atom. The van der Waals surface area contributed by atoms with E-state index in [1.165, 1.54) is 115 Å². The smallest absolute Gasteiger partial charge is 0.207 e. The van der Waals surface area contributed by atoms with E-state index in [1.807, 2.05) is 0 Å². The molecule has 0 N–H and O–H groups in total. The molecular formula is C35H38N3+. The third kappa shape index (κ3) is 4.38. The lowest BCUT2D eigenvalue weighted by Crippen LogP contribution is -2.21. The maximum Gasteiger partial charge on any atom is 0.207 e. The topological polar surface area (TPSA) is 9.49 Å². The van der Waals surface area contributed by atoms with E-state index in [4.69, 9.17) is 0 Å². The molecule has 3 heteroatoms. The summed E-state index contributed by atoms with van der Waals surface area (Å²) in [7, 11) is 0. The van der Waals surface area contributed by atoms with Gasteiger partial charge in [0.25, 0.3) is 0 Å². The van der Waals surface area contributed by atoms with Gasteiger partial charge in [-0.05, 0) is 89.9 Å². The van der Waals surface area contributed by atoms with Crippen LogP contribution in [0.15, 0.2) is 84.9 Å². The van der Waals surface area contributed by atoms with Gasteiger partial charge in [-0.1, -0.05) is 42.5 Å². The van der Waals surface area contributed by atoms with E-state index in [-0.39, 0.29) is 0 Å². The third-order valence-electron chi connectivity index (χ3n) is 8.87. The van der Waals surface area contributed by atoms with E-state index in [0.29, 0.717) is 0 Å². The largest absolute Gasteiger partial charge is 0.372 e. The van der Waals surface area contributed by atoms with Crippen molar-refractivity contribution in [3.05, 3.63) is 107 Å². The molecule has 3 heterocycles. The Morgan fingerprint density at radius 3 is 1.55 bits per heavy atom. The molecule has 0 aromatic heterocycles. The number of rotatable bonds is 4. The van der Waals surface area contributed by atoms with Crippen molar-refractivity contribution in [2.45, 2.75) is 38.5 Å². The average molecular weight is 501 g/mol. The van der Waals surface area contributed by atoms with E-state index in [9.17, 15) is 0 Å². The summed E-state index contributed by atoms with van der Waals surface area (Å²) in [5, 5.41) is 0.